The maximum Gasteiger partial charge on any atom is 0.279 e. The molecule has 0 bridgehead atoms. The van der Waals surface area contributed by atoms with Crippen molar-refractivity contribution in [3.8, 4) is 0 Å². The van der Waals surface area contributed by atoms with Crippen LogP contribution >= 0.6 is 11.3 Å². The largest absolute Gasteiger partial charge is 0.380 e. The molecule has 6 heteroatoms. The molecule has 1 amide bonds. The van der Waals surface area contributed by atoms with Crippen molar-refractivity contribution in [3.05, 3.63) is 64.2 Å². The lowest BCUT2D eigenvalue weighted by Gasteiger charge is -2.07. The molecule has 0 unspecified atom stereocenters. The lowest BCUT2D eigenvalue weighted by atomic mass is 10.2. The molecule has 1 aromatic heterocycles. The van der Waals surface area contributed by atoms with E-state index in [-0.39, 0.29) is 5.56 Å². The van der Waals surface area contributed by atoms with Gasteiger partial charge in [0.1, 0.15) is 5.82 Å². The molecule has 0 aliphatic rings. The Kier molecular flexibility index (Phi) is 5.40. The summed E-state index contributed by atoms with van der Waals surface area (Å²) >= 11 is 1.45. The first-order chi connectivity index (χ1) is 12.1. The van der Waals surface area contributed by atoms with E-state index in [0.717, 1.165) is 15.8 Å². The Hall–Kier alpha value is -2.31. The highest BCUT2D eigenvalue weighted by Gasteiger charge is 2.11. The molecule has 0 N–H and O–H groups in total. The second kappa shape index (κ2) is 7.72. The number of nitrogens with zero attached hydrogens (tertiary/aromatic N) is 2. The molecular weight excluding hydrogens is 339 g/mol. The highest BCUT2D eigenvalue weighted by atomic mass is 32.1. The number of halogens is 1. The Bertz CT molecular complexity index is 975. The van der Waals surface area contributed by atoms with Crippen LogP contribution in [0.3, 0.4) is 0 Å². The van der Waals surface area contributed by atoms with Crippen LogP contribution in [0.2, 0.25) is 0 Å². The number of carbonyl (C=O) groups excluding carboxylic acids is 1. The van der Waals surface area contributed by atoms with E-state index in [2.05, 4.69) is 4.99 Å². The Balaban J connectivity index is 2.09. The summed E-state index contributed by atoms with van der Waals surface area (Å²) in [5, 5.41) is 0. The van der Waals surface area contributed by atoms with E-state index in [1.54, 1.807) is 6.07 Å². The van der Waals surface area contributed by atoms with E-state index in [4.69, 9.17) is 4.74 Å². The van der Waals surface area contributed by atoms with Crippen LogP contribution in [0.5, 0.6) is 0 Å². The number of carbonyl (C=O) groups is 1. The number of rotatable bonds is 5. The van der Waals surface area contributed by atoms with Crippen LogP contribution in [-0.4, -0.2) is 23.7 Å². The number of hydrogen-bond acceptors (Lipinski definition) is 3. The molecule has 0 fully saturated rings. The molecule has 4 nitrogen and oxygen atoms in total. The predicted molar refractivity (Wildman–Crippen MR) is 97.3 cm³/mol. The Morgan fingerprint density at radius 1 is 1.28 bits per heavy atom. The standard InChI is InChI=1S/C19H19FN2O2S/c1-3-24-11-10-22-17-13(2)6-4-9-16(17)25-19(22)21-18(23)14-7-5-8-15(20)12-14/h4-9,12H,3,10-11H2,1-2H3. The zero-order valence-corrected chi connectivity index (χ0v) is 15.0. The van der Waals surface area contributed by atoms with Crippen LogP contribution in [-0.2, 0) is 11.3 Å². The number of aryl methyl sites for hydroxylation is 1. The van der Waals surface area contributed by atoms with Crippen LogP contribution in [0.25, 0.3) is 10.2 Å². The predicted octanol–water partition coefficient (Wildman–Crippen LogP) is 3.93. The van der Waals surface area contributed by atoms with Gasteiger partial charge < -0.3 is 9.30 Å². The van der Waals surface area contributed by atoms with Crippen LogP contribution in [0.4, 0.5) is 4.39 Å². The fourth-order valence-corrected chi connectivity index (χ4v) is 3.81. The molecule has 0 saturated carbocycles. The summed E-state index contributed by atoms with van der Waals surface area (Å²) in [6, 6.07) is 11.6. The van der Waals surface area contributed by atoms with Crippen LogP contribution in [0.1, 0.15) is 22.8 Å². The average molecular weight is 358 g/mol. The van der Waals surface area contributed by atoms with Gasteiger partial charge in [0.2, 0.25) is 0 Å². The Labute approximate surface area is 149 Å². The minimum absolute atomic E-state index is 0.241. The number of ether oxygens (including phenoxy) is 1. The smallest absolute Gasteiger partial charge is 0.279 e. The number of thiazole rings is 1. The van der Waals surface area contributed by atoms with Gasteiger partial charge >= 0.3 is 0 Å². The average Bonchev–Trinajstić information content (AvgIpc) is 2.94. The van der Waals surface area contributed by atoms with Crippen LogP contribution < -0.4 is 4.80 Å². The molecule has 0 radical (unpaired) electrons. The summed E-state index contributed by atoms with van der Waals surface area (Å²) in [6.45, 7) is 5.76. The molecule has 1 heterocycles. The van der Waals surface area contributed by atoms with Gasteiger partial charge in [0.15, 0.2) is 4.80 Å². The molecule has 3 rings (SSSR count). The minimum atomic E-state index is -0.450. The summed E-state index contributed by atoms with van der Waals surface area (Å²) in [7, 11) is 0. The number of amides is 1. The molecule has 0 aliphatic carbocycles. The molecular formula is C19H19FN2O2S. The number of fused-ring (bicyclic) bond motifs is 1. The topological polar surface area (TPSA) is 43.6 Å². The number of aromatic nitrogens is 1. The quantitative estimate of drug-likeness (QED) is 0.649. The van der Waals surface area contributed by atoms with Crippen molar-refractivity contribution in [2.24, 2.45) is 4.99 Å². The van der Waals surface area contributed by atoms with Gasteiger partial charge in [0.05, 0.1) is 16.8 Å². The summed E-state index contributed by atoms with van der Waals surface area (Å²) in [5.41, 5.74) is 2.41. The SMILES string of the molecule is CCOCCn1c(=NC(=O)c2cccc(F)c2)sc2cccc(C)c21. The van der Waals surface area contributed by atoms with Crippen molar-refractivity contribution in [2.75, 3.05) is 13.2 Å². The van der Waals surface area contributed by atoms with E-state index in [1.165, 1.54) is 29.5 Å². The van der Waals surface area contributed by atoms with Gasteiger partial charge in [-0.2, -0.15) is 4.99 Å². The fraction of sp³-hybridized carbons (Fsp3) is 0.263. The van der Waals surface area contributed by atoms with Crippen molar-refractivity contribution < 1.29 is 13.9 Å². The highest BCUT2D eigenvalue weighted by molar-refractivity contribution is 7.16. The lowest BCUT2D eigenvalue weighted by molar-refractivity contribution is 0.0996. The van der Waals surface area contributed by atoms with Gasteiger partial charge in [-0.15, -0.1) is 0 Å². The minimum Gasteiger partial charge on any atom is -0.380 e. The second-order valence-corrected chi connectivity index (χ2v) is 6.59. The first-order valence-electron chi connectivity index (χ1n) is 8.11. The maximum atomic E-state index is 13.4. The highest BCUT2D eigenvalue weighted by Crippen LogP contribution is 2.21. The van der Waals surface area contributed by atoms with Gasteiger partial charge in [-0.05, 0) is 43.7 Å². The Morgan fingerprint density at radius 2 is 2.08 bits per heavy atom. The van der Waals surface area contributed by atoms with Crippen molar-refractivity contribution in [2.45, 2.75) is 20.4 Å². The van der Waals surface area contributed by atoms with E-state index in [1.807, 2.05) is 36.6 Å². The van der Waals surface area contributed by atoms with Crippen molar-refractivity contribution >= 4 is 27.5 Å². The maximum absolute atomic E-state index is 13.4. The number of benzene rings is 2. The molecule has 2 aromatic carbocycles. The van der Waals surface area contributed by atoms with Crippen molar-refractivity contribution in [3.63, 3.8) is 0 Å². The first-order valence-corrected chi connectivity index (χ1v) is 8.93. The second-order valence-electron chi connectivity index (χ2n) is 5.58. The zero-order chi connectivity index (χ0) is 17.8. The third kappa shape index (κ3) is 3.86. The van der Waals surface area contributed by atoms with Gasteiger partial charge in [-0.3, -0.25) is 4.79 Å². The van der Waals surface area contributed by atoms with Gasteiger partial charge in [-0.25, -0.2) is 4.39 Å². The van der Waals surface area contributed by atoms with Gasteiger partial charge in [-0.1, -0.05) is 29.5 Å². The van der Waals surface area contributed by atoms with Crippen LogP contribution in [0, 0.1) is 12.7 Å². The molecule has 25 heavy (non-hydrogen) atoms. The number of para-hydroxylation sites is 1. The third-order valence-corrected chi connectivity index (χ3v) is 4.88. The van der Waals surface area contributed by atoms with Crippen molar-refractivity contribution in [1.29, 1.82) is 0 Å². The number of hydrogen-bond donors (Lipinski definition) is 0. The summed E-state index contributed by atoms with van der Waals surface area (Å²) in [5.74, 6) is -0.897. The molecule has 0 saturated heterocycles. The van der Waals surface area contributed by atoms with E-state index in [0.29, 0.717) is 24.6 Å². The molecule has 0 aliphatic heterocycles. The first kappa shape index (κ1) is 17.5. The van der Waals surface area contributed by atoms with E-state index < -0.39 is 11.7 Å². The lowest BCUT2D eigenvalue weighted by Crippen LogP contribution is -2.20. The van der Waals surface area contributed by atoms with E-state index >= 15 is 0 Å². The monoisotopic (exact) mass is 358 g/mol. The Morgan fingerprint density at radius 3 is 2.84 bits per heavy atom. The molecule has 0 atom stereocenters. The van der Waals surface area contributed by atoms with E-state index in [9.17, 15) is 9.18 Å². The van der Waals surface area contributed by atoms with Gasteiger partial charge in [0, 0.05) is 18.7 Å². The molecule has 3 aromatic rings. The summed E-state index contributed by atoms with van der Waals surface area (Å²) < 4.78 is 21.9. The fourth-order valence-electron chi connectivity index (χ4n) is 2.67. The normalized spacial score (nSPS) is 12.0. The summed E-state index contributed by atoms with van der Waals surface area (Å²) in [6.07, 6.45) is 0. The molecule has 130 valence electrons. The summed E-state index contributed by atoms with van der Waals surface area (Å²) in [4.78, 5) is 17.3. The third-order valence-electron chi connectivity index (χ3n) is 3.83. The zero-order valence-electron chi connectivity index (χ0n) is 14.2. The van der Waals surface area contributed by atoms with Crippen LogP contribution in [0.15, 0.2) is 47.5 Å². The molecule has 0 spiro atoms. The van der Waals surface area contributed by atoms with Gasteiger partial charge in [0.25, 0.3) is 5.91 Å². The van der Waals surface area contributed by atoms with Crippen molar-refractivity contribution in [1.82, 2.24) is 4.57 Å².